The summed E-state index contributed by atoms with van der Waals surface area (Å²) in [7, 11) is 0. The molecular formula is C22H26FN3O3. The summed E-state index contributed by atoms with van der Waals surface area (Å²) in [4.78, 5) is 26.7. The summed E-state index contributed by atoms with van der Waals surface area (Å²) >= 11 is 0. The van der Waals surface area contributed by atoms with E-state index in [1.54, 1.807) is 23.1 Å². The van der Waals surface area contributed by atoms with E-state index in [4.69, 9.17) is 0 Å². The van der Waals surface area contributed by atoms with Crippen LogP contribution in [0.4, 0.5) is 14.9 Å². The van der Waals surface area contributed by atoms with Gasteiger partial charge in [0.05, 0.1) is 5.56 Å². The summed E-state index contributed by atoms with van der Waals surface area (Å²) in [6, 6.07) is 10.4. The topological polar surface area (TPSA) is 81.7 Å². The van der Waals surface area contributed by atoms with Crippen molar-refractivity contribution in [3.8, 4) is 5.75 Å². The van der Waals surface area contributed by atoms with Gasteiger partial charge in [0.2, 0.25) is 0 Å². The Bertz CT molecular complexity index is 887. The Kier molecular flexibility index (Phi) is 6.69. The van der Waals surface area contributed by atoms with E-state index in [1.165, 1.54) is 18.2 Å². The molecule has 2 aromatic rings. The van der Waals surface area contributed by atoms with Crippen LogP contribution in [0.5, 0.6) is 5.75 Å². The van der Waals surface area contributed by atoms with Crippen LogP contribution in [0.15, 0.2) is 42.5 Å². The van der Waals surface area contributed by atoms with E-state index < -0.39 is 11.8 Å². The summed E-state index contributed by atoms with van der Waals surface area (Å²) < 4.78 is 13.2. The summed E-state index contributed by atoms with van der Waals surface area (Å²) in [5, 5.41) is 15.5. The van der Waals surface area contributed by atoms with Gasteiger partial charge in [-0.15, -0.1) is 0 Å². The Labute approximate surface area is 169 Å². The second kappa shape index (κ2) is 9.41. The average molecular weight is 399 g/mol. The lowest BCUT2D eigenvalue weighted by Gasteiger charge is -2.33. The molecule has 1 aliphatic heterocycles. The van der Waals surface area contributed by atoms with Crippen LogP contribution in [0.3, 0.4) is 0 Å². The molecule has 154 valence electrons. The third-order valence-corrected chi connectivity index (χ3v) is 5.14. The second-order valence-electron chi connectivity index (χ2n) is 7.31. The number of hydrogen-bond donors (Lipinski definition) is 3. The molecule has 1 unspecified atom stereocenters. The van der Waals surface area contributed by atoms with Gasteiger partial charge in [0, 0.05) is 25.3 Å². The van der Waals surface area contributed by atoms with Crippen molar-refractivity contribution in [1.82, 2.24) is 10.2 Å². The zero-order chi connectivity index (χ0) is 20.8. The predicted octanol–water partition coefficient (Wildman–Crippen LogP) is 3.77. The van der Waals surface area contributed by atoms with Gasteiger partial charge in [-0.25, -0.2) is 9.18 Å². The molecule has 1 aliphatic rings. The van der Waals surface area contributed by atoms with Crippen molar-refractivity contribution in [2.24, 2.45) is 5.92 Å². The van der Waals surface area contributed by atoms with Crippen LogP contribution >= 0.6 is 0 Å². The molecule has 1 heterocycles. The number of rotatable bonds is 5. The Hall–Kier alpha value is -3.09. The molecule has 0 spiro atoms. The molecule has 0 aliphatic carbocycles. The third-order valence-electron chi connectivity index (χ3n) is 5.14. The van der Waals surface area contributed by atoms with E-state index in [2.05, 4.69) is 10.6 Å². The van der Waals surface area contributed by atoms with Gasteiger partial charge in [0.25, 0.3) is 5.91 Å². The summed E-state index contributed by atoms with van der Waals surface area (Å²) in [6.07, 6.45) is 2.51. The van der Waals surface area contributed by atoms with Crippen LogP contribution in [0, 0.1) is 11.7 Å². The van der Waals surface area contributed by atoms with E-state index in [1.807, 2.05) is 13.0 Å². The average Bonchev–Trinajstić information content (AvgIpc) is 2.72. The number of aryl methyl sites for hydroxylation is 1. The van der Waals surface area contributed by atoms with Crippen LogP contribution in [0.25, 0.3) is 0 Å². The van der Waals surface area contributed by atoms with Gasteiger partial charge in [0.1, 0.15) is 11.6 Å². The van der Waals surface area contributed by atoms with Crippen molar-refractivity contribution < 1.29 is 19.1 Å². The summed E-state index contributed by atoms with van der Waals surface area (Å²) in [6.45, 7) is 3.54. The number of anilines is 1. The number of halogens is 1. The highest BCUT2D eigenvalue weighted by atomic mass is 19.1. The molecule has 0 saturated carbocycles. The number of piperidine rings is 1. The van der Waals surface area contributed by atoms with Crippen molar-refractivity contribution in [3.63, 3.8) is 0 Å². The van der Waals surface area contributed by atoms with Crippen LogP contribution < -0.4 is 10.6 Å². The Morgan fingerprint density at radius 3 is 2.83 bits per heavy atom. The van der Waals surface area contributed by atoms with Crippen molar-refractivity contribution in [3.05, 3.63) is 59.4 Å². The predicted molar refractivity (Wildman–Crippen MR) is 110 cm³/mol. The maximum absolute atomic E-state index is 13.2. The highest BCUT2D eigenvalue weighted by Crippen LogP contribution is 2.24. The van der Waals surface area contributed by atoms with Gasteiger partial charge in [-0.05, 0) is 61.1 Å². The first kappa shape index (κ1) is 20.6. The molecule has 3 rings (SSSR count). The van der Waals surface area contributed by atoms with Gasteiger partial charge >= 0.3 is 6.03 Å². The summed E-state index contributed by atoms with van der Waals surface area (Å²) in [5.41, 5.74) is 1.70. The molecule has 2 aromatic carbocycles. The first-order valence-electron chi connectivity index (χ1n) is 9.88. The molecular weight excluding hydrogens is 373 g/mol. The van der Waals surface area contributed by atoms with E-state index in [9.17, 15) is 19.1 Å². The van der Waals surface area contributed by atoms with E-state index in [0.29, 0.717) is 30.9 Å². The quantitative estimate of drug-likeness (QED) is 0.716. The maximum Gasteiger partial charge on any atom is 0.319 e. The first-order chi connectivity index (χ1) is 14.0. The smallest absolute Gasteiger partial charge is 0.319 e. The standard InChI is InChI=1S/C22H26FN3O3/c1-2-15-8-9-20(27)19(11-15)21(28)26-10-4-5-16(14-26)13-24-22(29)25-18-7-3-6-17(23)12-18/h3,6-9,11-12,16,27H,2,4-5,10,13-14H2,1H3,(H2,24,25,29). The molecule has 1 fully saturated rings. The number of carbonyl (C=O) groups excluding carboxylic acids is 2. The lowest BCUT2D eigenvalue weighted by Crippen LogP contribution is -2.44. The van der Waals surface area contributed by atoms with Gasteiger partial charge in [-0.3, -0.25) is 4.79 Å². The van der Waals surface area contributed by atoms with E-state index in [0.717, 1.165) is 24.8 Å². The van der Waals surface area contributed by atoms with Crippen LogP contribution in [0.2, 0.25) is 0 Å². The van der Waals surface area contributed by atoms with E-state index in [-0.39, 0.29) is 17.6 Å². The first-order valence-corrected chi connectivity index (χ1v) is 9.88. The summed E-state index contributed by atoms with van der Waals surface area (Å²) in [5.74, 6) is -0.504. The minimum Gasteiger partial charge on any atom is -0.507 e. The number of amides is 3. The molecule has 3 N–H and O–H groups in total. The largest absolute Gasteiger partial charge is 0.507 e. The second-order valence-corrected chi connectivity index (χ2v) is 7.31. The monoisotopic (exact) mass is 399 g/mol. The number of nitrogens with zero attached hydrogens (tertiary/aromatic N) is 1. The molecule has 0 bridgehead atoms. The normalized spacial score (nSPS) is 16.3. The van der Waals surface area contributed by atoms with Gasteiger partial charge < -0.3 is 20.6 Å². The number of carbonyl (C=O) groups is 2. The van der Waals surface area contributed by atoms with Gasteiger partial charge in [-0.1, -0.05) is 19.1 Å². The van der Waals surface area contributed by atoms with Crippen molar-refractivity contribution >= 4 is 17.6 Å². The zero-order valence-corrected chi connectivity index (χ0v) is 16.5. The molecule has 1 saturated heterocycles. The highest BCUT2D eigenvalue weighted by molar-refractivity contribution is 5.97. The minimum atomic E-state index is -0.417. The van der Waals surface area contributed by atoms with Crippen molar-refractivity contribution in [2.45, 2.75) is 26.2 Å². The van der Waals surface area contributed by atoms with Crippen molar-refractivity contribution in [2.75, 3.05) is 25.0 Å². The molecule has 0 radical (unpaired) electrons. The maximum atomic E-state index is 13.2. The number of aromatic hydroxyl groups is 1. The zero-order valence-electron chi connectivity index (χ0n) is 16.5. The lowest BCUT2D eigenvalue weighted by atomic mass is 9.97. The Balaban J connectivity index is 1.55. The SMILES string of the molecule is CCc1ccc(O)c(C(=O)N2CCCC(CNC(=O)Nc3cccc(F)c3)C2)c1. The number of urea groups is 1. The van der Waals surface area contributed by atoms with Gasteiger partial charge in [-0.2, -0.15) is 0 Å². The molecule has 1 atom stereocenters. The molecule has 0 aromatic heterocycles. The number of benzene rings is 2. The number of nitrogens with one attached hydrogen (secondary N) is 2. The number of phenolic OH excluding ortho intramolecular Hbond substituents is 1. The number of likely N-dealkylation sites (tertiary alicyclic amines) is 1. The third kappa shape index (κ3) is 5.47. The fraction of sp³-hybridized carbons (Fsp3) is 0.364. The molecule has 6 nitrogen and oxygen atoms in total. The fourth-order valence-electron chi connectivity index (χ4n) is 3.54. The fourth-order valence-corrected chi connectivity index (χ4v) is 3.54. The van der Waals surface area contributed by atoms with Gasteiger partial charge in [0.15, 0.2) is 0 Å². The minimum absolute atomic E-state index is 0.0121. The van der Waals surface area contributed by atoms with E-state index >= 15 is 0 Å². The Morgan fingerprint density at radius 1 is 1.24 bits per heavy atom. The molecule has 3 amide bonds. The molecule has 29 heavy (non-hydrogen) atoms. The number of phenols is 1. The highest BCUT2D eigenvalue weighted by Gasteiger charge is 2.26. The number of hydrogen-bond acceptors (Lipinski definition) is 3. The molecule has 7 heteroatoms. The van der Waals surface area contributed by atoms with Crippen LogP contribution in [-0.2, 0) is 6.42 Å². The van der Waals surface area contributed by atoms with Crippen molar-refractivity contribution in [1.29, 1.82) is 0 Å². The Morgan fingerprint density at radius 2 is 2.07 bits per heavy atom. The van der Waals surface area contributed by atoms with Crippen LogP contribution in [0.1, 0.15) is 35.7 Å². The lowest BCUT2D eigenvalue weighted by molar-refractivity contribution is 0.0672. The van der Waals surface area contributed by atoms with Crippen LogP contribution in [-0.4, -0.2) is 41.6 Å².